The highest BCUT2D eigenvalue weighted by Crippen LogP contribution is 2.32. The summed E-state index contributed by atoms with van der Waals surface area (Å²) in [5.74, 6) is 1.44. The van der Waals surface area contributed by atoms with Gasteiger partial charge in [0.1, 0.15) is 5.60 Å². The fourth-order valence-corrected chi connectivity index (χ4v) is 3.61. The zero-order valence-corrected chi connectivity index (χ0v) is 16.4. The van der Waals surface area contributed by atoms with E-state index >= 15 is 0 Å². The van der Waals surface area contributed by atoms with Crippen molar-refractivity contribution >= 4 is 11.8 Å². The molecule has 1 amide bonds. The number of anilines is 1. The van der Waals surface area contributed by atoms with Gasteiger partial charge >= 0.3 is 6.09 Å². The maximum atomic E-state index is 11.8. The van der Waals surface area contributed by atoms with Gasteiger partial charge in [0.25, 0.3) is 0 Å². The van der Waals surface area contributed by atoms with Crippen molar-refractivity contribution in [2.45, 2.75) is 78.5 Å². The van der Waals surface area contributed by atoms with Gasteiger partial charge in [0.2, 0.25) is 0 Å². The predicted molar refractivity (Wildman–Crippen MR) is 104 cm³/mol. The number of rotatable bonds is 5. The van der Waals surface area contributed by atoms with E-state index in [4.69, 9.17) is 4.74 Å². The maximum absolute atomic E-state index is 11.8. The molecular formula is C21H34N2O2. The van der Waals surface area contributed by atoms with Gasteiger partial charge in [-0.1, -0.05) is 38.8 Å². The van der Waals surface area contributed by atoms with Crippen LogP contribution in [0.1, 0.15) is 65.9 Å². The Labute approximate surface area is 152 Å². The van der Waals surface area contributed by atoms with Crippen LogP contribution in [0.4, 0.5) is 10.5 Å². The molecule has 1 aromatic rings. The second kappa shape index (κ2) is 8.59. The Morgan fingerprint density at radius 2 is 1.96 bits per heavy atom. The van der Waals surface area contributed by atoms with Crippen LogP contribution >= 0.6 is 0 Å². The second-order valence-electron chi connectivity index (χ2n) is 8.50. The number of ether oxygens (including phenoxy) is 1. The Bertz CT molecular complexity index is 563. The summed E-state index contributed by atoms with van der Waals surface area (Å²) in [6, 6.07) is 8.86. The number of carbonyl (C=O) groups is 1. The SMILES string of the molecule is CC(C)C1CCCCC1Nc1cccc(CNC(=O)OC(C)(C)C)c1. The summed E-state index contributed by atoms with van der Waals surface area (Å²) >= 11 is 0. The third-order valence-corrected chi connectivity index (χ3v) is 4.79. The minimum Gasteiger partial charge on any atom is -0.444 e. The molecule has 1 aliphatic rings. The van der Waals surface area contributed by atoms with Crippen molar-refractivity contribution in [2.75, 3.05) is 5.32 Å². The van der Waals surface area contributed by atoms with E-state index in [2.05, 4.69) is 36.6 Å². The van der Waals surface area contributed by atoms with Crippen molar-refractivity contribution in [3.05, 3.63) is 29.8 Å². The highest BCUT2D eigenvalue weighted by atomic mass is 16.6. The van der Waals surface area contributed by atoms with Crippen LogP contribution in [-0.2, 0) is 11.3 Å². The highest BCUT2D eigenvalue weighted by Gasteiger charge is 2.27. The van der Waals surface area contributed by atoms with E-state index in [1.165, 1.54) is 25.7 Å². The lowest BCUT2D eigenvalue weighted by Gasteiger charge is -2.35. The first kappa shape index (κ1) is 19.6. The molecule has 2 rings (SSSR count). The summed E-state index contributed by atoms with van der Waals surface area (Å²) < 4.78 is 5.29. The van der Waals surface area contributed by atoms with Gasteiger partial charge in [0.05, 0.1) is 0 Å². The minimum absolute atomic E-state index is 0.377. The molecule has 0 radical (unpaired) electrons. The van der Waals surface area contributed by atoms with Gasteiger partial charge in [-0.25, -0.2) is 4.79 Å². The molecule has 1 aromatic carbocycles. The normalized spacial score (nSPS) is 21.0. The molecule has 0 aliphatic heterocycles. The van der Waals surface area contributed by atoms with E-state index < -0.39 is 5.60 Å². The smallest absolute Gasteiger partial charge is 0.407 e. The van der Waals surface area contributed by atoms with Crippen LogP contribution in [0.25, 0.3) is 0 Å². The topological polar surface area (TPSA) is 50.4 Å². The number of amides is 1. The molecule has 140 valence electrons. The summed E-state index contributed by atoms with van der Waals surface area (Å²) in [6.07, 6.45) is 4.83. The fourth-order valence-electron chi connectivity index (χ4n) is 3.61. The van der Waals surface area contributed by atoms with Gasteiger partial charge in [-0.15, -0.1) is 0 Å². The molecule has 0 aromatic heterocycles. The third-order valence-electron chi connectivity index (χ3n) is 4.79. The first-order chi connectivity index (χ1) is 11.7. The van der Waals surface area contributed by atoms with Crippen molar-refractivity contribution < 1.29 is 9.53 Å². The molecule has 2 unspecified atom stereocenters. The molecule has 4 nitrogen and oxygen atoms in total. The van der Waals surface area contributed by atoms with Crippen LogP contribution in [0.15, 0.2) is 24.3 Å². The lowest BCUT2D eigenvalue weighted by Crippen LogP contribution is -2.35. The van der Waals surface area contributed by atoms with Gasteiger partial charge in [0.15, 0.2) is 0 Å². The Hall–Kier alpha value is -1.71. The van der Waals surface area contributed by atoms with E-state index in [1.54, 1.807) is 0 Å². The zero-order chi connectivity index (χ0) is 18.4. The van der Waals surface area contributed by atoms with Crippen LogP contribution in [-0.4, -0.2) is 17.7 Å². The lowest BCUT2D eigenvalue weighted by atomic mass is 9.78. The minimum atomic E-state index is -0.472. The molecule has 0 saturated heterocycles. The number of hydrogen-bond donors (Lipinski definition) is 2. The van der Waals surface area contributed by atoms with Crippen LogP contribution < -0.4 is 10.6 Å². The van der Waals surface area contributed by atoms with E-state index in [0.29, 0.717) is 18.5 Å². The highest BCUT2D eigenvalue weighted by molar-refractivity contribution is 5.67. The van der Waals surface area contributed by atoms with E-state index in [9.17, 15) is 4.79 Å². The quantitative estimate of drug-likeness (QED) is 0.757. The fraction of sp³-hybridized carbons (Fsp3) is 0.667. The molecule has 0 spiro atoms. The van der Waals surface area contributed by atoms with E-state index in [1.807, 2.05) is 32.9 Å². The van der Waals surface area contributed by atoms with Gasteiger partial charge < -0.3 is 15.4 Å². The monoisotopic (exact) mass is 346 g/mol. The van der Waals surface area contributed by atoms with Crippen LogP contribution in [0.2, 0.25) is 0 Å². The molecule has 0 heterocycles. The van der Waals surface area contributed by atoms with E-state index in [-0.39, 0.29) is 6.09 Å². The molecule has 1 fully saturated rings. The molecule has 0 bridgehead atoms. The van der Waals surface area contributed by atoms with Crippen LogP contribution in [0.3, 0.4) is 0 Å². The second-order valence-corrected chi connectivity index (χ2v) is 8.50. The summed E-state index contributed by atoms with van der Waals surface area (Å²) in [7, 11) is 0. The molecule has 1 saturated carbocycles. The van der Waals surface area contributed by atoms with Crippen molar-refractivity contribution in [1.82, 2.24) is 5.32 Å². The van der Waals surface area contributed by atoms with Crippen molar-refractivity contribution in [2.24, 2.45) is 11.8 Å². The van der Waals surface area contributed by atoms with E-state index in [0.717, 1.165) is 17.2 Å². The zero-order valence-electron chi connectivity index (χ0n) is 16.4. The average molecular weight is 347 g/mol. The number of nitrogens with one attached hydrogen (secondary N) is 2. The Kier molecular flexibility index (Phi) is 6.74. The Morgan fingerprint density at radius 1 is 1.24 bits per heavy atom. The third kappa shape index (κ3) is 6.60. The Morgan fingerprint density at radius 3 is 2.64 bits per heavy atom. The molecule has 1 aliphatic carbocycles. The van der Waals surface area contributed by atoms with Crippen LogP contribution in [0, 0.1) is 11.8 Å². The van der Waals surface area contributed by atoms with Gasteiger partial charge in [-0.05, 0) is 63.1 Å². The average Bonchev–Trinajstić information content (AvgIpc) is 2.52. The number of carbonyl (C=O) groups excluding carboxylic acids is 1. The Balaban J connectivity index is 1.93. The summed E-state index contributed by atoms with van der Waals surface area (Å²) in [4.78, 5) is 11.8. The maximum Gasteiger partial charge on any atom is 0.407 e. The molecule has 4 heteroatoms. The number of benzene rings is 1. The summed E-state index contributed by atoms with van der Waals surface area (Å²) in [5, 5.41) is 6.56. The largest absolute Gasteiger partial charge is 0.444 e. The number of hydrogen-bond acceptors (Lipinski definition) is 3. The standard InChI is InChI=1S/C21H34N2O2/c1-15(2)18-11-6-7-12-19(18)23-17-10-8-9-16(13-17)14-22-20(24)25-21(3,4)5/h8-10,13,15,18-19,23H,6-7,11-12,14H2,1-5H3,(H,22,24). The van der Waals surface area contributed by atoms with Crippen molar-refractivity contribution in [1.29, 1.82) is 0 Å². The van der Waals surface area contributed by atoms with Gasteiger partial charge in [-0.3, -0.25) is 0 Å². The molecule has 2 N–H and O–H groups in total. The summed E-state index contributed by atoms with van der Waals surface area (Å²) in [5.41, 5.74) is 1.74. The lowest BCUT2D eigenvalue weighted by molar-refractivity contribution is 0.0523. The first-order valence-electron chi connectivity index (χ1n) is 9.57. The first-order valence-corrected chi connectivity index (χ1v) is 9.57. The van der Waals surface area contributed by atoms with Crippen molar-refractivity contribution in [3.8, 4) is 0 Å². The molecular weight excluding hydrogens is 312 g/mol. The number of alkyl carbamates (subject to hydrolysis) is 1. The summed E-state index contributed by atoms with van der Waals surface area (Å²) in [6.45, 7) is 10.7. The van der Waals surface area contributed by atoms with Gasteiger partial charge in [0, 0.05) is 18.3 Å². The van der Waals surface area contributed by atoms with Gasteiger partial charge in [-0.2, -0.15) is 0 Å². The van der Waals surface area contributed by atoms with Crippen LogP contribution in [0.5, 0.6) is 0 Å². The van der Waals surface area contributed by atoms with Crippen molar-refractivity contribution in [3.63, 3.8) is 0 Å². The molecule has 25 heavy (non-hydrogen) atoms. The molecule has 2 atom stereocenters. The predicted octanol–water partition coefficient (Wildman–Crippen LogP) is 5.34.